The molecule has 0 atom stereocenters. The number of aryl methyl sites for hydroxylation is 1. The van der Waals surface area contributed by atoms with Crippen LogP contribution in [0.2, 0.25) is 0 Å². The van der Waals surface area contributed by atoms with Crippen LogP contribution in [-0.4, -0.2) is 48.4 Å². The maximum absolute atomic E-state index is 12.4. The molecule has 1 aliphatic rings. The van der Waals surface area contributed by atoms with E-state index in [-0.39, 0.29) is 0 Å². The smallest absolute Gasteiger partial charge is 0.222 e. The van der Waals surface area contributed by atoms with Crippen LogP contribution in [0.5, 0.6) is 0 Å². The minimum absolute atomic E-state index is 0.306. The van der Waals surface area contributed by atoms with Crippen molar-refractivity contribution in [3.05, 3.63) is 77.9 Å². The molecule has 2 aromatic carbocycles. The summed E-state index contributed by atoms with van der Waals surface area (Å²) < 4.78 is 0. The fourth-order valence-corrected chi connectivity index (χ4v) is 3.33. The number of rotatable bonds is 7. The zero-order chi connectivity index (χ0) is 18.0. The van der Waals surface area contributed by atoms with Gasteiger partial charge in [-0.05, 0) is 24.0 Å². The summed E-state index contributed by atoms with van der Waals surface area (Å²) in [4.78, 5) is 16.8. The van der Waals surface area contributed by atoms with Gasteiger partial charge in [0.15, 0.2) is 0 Å². The van der Waals surface area contributed by atoms with Gasteiger partial charge in [-0.1, -0.05) is 72.8 Å². The lowest BCUT2D eigenvalue weighted by Crippen LogP contribution is -2.48. The molecule has 0 spiro atoms. The van der Waals surface area contributed by atoms with E-state index in [4.69, 9.17) is 0 Å². The number of piperazine rings is 1. The Hall–Kier alpha value is -2.39. The summed E-state index contributed by atoms with van der Waals surface area (Å²) in [5, 5.41) is 0. The van der Waals surface area contributed by atoms with Gasteiger partial charge in [-0.2, -0.15) is 0 Å². The van der Waals surface area contributed by atoms with Crippen LogP contribution < -0.4 is 0 Å². The first-order chi connectivity index (χ1) is 12.8. The molecule has 3 heteroatoms. The van der Waals surface area contributed by atoms with E-state index >= 15 is 0 Å². The quantitative estimate of drug-likeness (QED) is 0.758. The summed E-state index contributed by atoms with van der Waals surface area (Å²) in [6.07, 6.45) is 6.95. The van der Waals surface area contributed by atoms with Gasteiger partial charge in [-0.15, -0.1) is 0 Å². The Morgan fingerprint density at radius 3 is 2.23 bits per heavy atom. The second-order valence-electron chi connectivity index (χ2n) is 6.83. The van der Waals surface area contributed by atoms with E-state index in [1.54, 1.807) is 0 Å². The normalized spacial score (nSPS) is 15.5. The Morgan fingerprint density at radius 1 is 0.885 bits per heavy atom. The summed E-state index contributed by atoms with van der Waals surface area (Å²) in [7, 11) is 0. The molecular weight excluding hydrogens is 320 g/mol. The van der Waals surface area contributed by atoms with Crippen molar-refractivity contribution in [1.29, 1.82) is 0 Å². The third kappa shape index (κ3) is 5.85. The summed E-state index contributed by atoms with van der Waals surface area (Å²) in [6.45, 7) is 4.57. The molecule has 0 N–H and O–H groups in total. The van der Waals surface area contributed by atoms with Crippen molar-refractivity contribution < 1.29 is 4.79 Å². The lowest BCUT2D eigenvalue weighted by atomic mass is 10.1. The Kier molecular flexibility index (Phi) is 7.03. The van der Waals surface area contributed by atoms with Crippen LogP contribution in [0, 0.1) is 0 Å². The molecule has 0 unspecified atom stereocenters. The molecule has 2 aromatic rings. The van der Waals surface area contributed by atoms with Crippen LogP contribution in [0.15, 0.2) is 66.7 Å². The van der Waals surface area contributed by atoms with Gasteiger partial charge in [0.2, 0.25) is 5.91 Å². The number of hydrogen-bond donors (Lipinski definition) is 0. The topological polar surface area (TPSA) is 23.6 Å². The number of carbonyl (C=O) groups excluding carboxylic acids is 1. The highest BCUT2D eigenvalue weighted by atomic mass is 16.2. The maximum Gasteiger partial charge on any atom is 0.222 e. The molecule has 0 aliphatic carbocycles. The maximum atomic E-state index is 12.4. The summed E-state index contributed by atoms with van der Waals surface area (Å²) in [5.74, 6) is 0.306. The van der Waals surface area contributed by atoms with Crippen LogP contribution in [0.25, 0.3) is 6.08 Å². The highest BCUT2D eigenvalue weighted by Gasteiger charge is 2.19. The summed E-state index contributed by atoms with van der Waals surface area (Å²) in [5.41, 5.74) is 2.55. The van der Waals surface area contributed by atoms with E-state index in [9.17, 15) is 4.79 Å². The minimum Gasteiger partial charge on any atom is -0.340 e. The second-order valence-corrected chi connectivity index (χ2v) is 6.83. The molecule has 0 bridgehead atoms. The monoisotopic (exact) mass is 348 g/mol. The van der Waals surface area contributed by atoms with Gasteiger partial charge in [0.1, 0.15) is 0 Å². The highest BCUT2D eigenvalue weighted by Crippen LogP contribution is 2.09. The second kappa shape index (κ2) is 9.93. The van der Waals surface area contributed by atoms with Crippen LogP contribution in [0.4, 0.5) is 0 Å². The van der Waals surface area contributed by atoms with Gasteiger partial charge in [0, 0.05) is 39.1 Å². The third-order valence-corrected chi connectivity index (χ3v) is 4.90. The van der Waals surface area contributed by atoms with Gasteiger partial charge in [0.05, 0.1) is 0 Å². The summed E-state index contributed by atoms with van der Waals surface area (Å²) in [6, 6.07) is 20.8. The molecule has 3 nitrogen and oxygen atoms in total. The average Bonchev–Trinajstić information content (AvgIpc) is 2.70. The first-order valence-corrected chi connectivity index (χ1v) is 9.57. The largest absolute Gasteiger partial charge is 0.340 e. The molecule has 1 aliphatic heterocycles. The molecule has 3 rings (SSSR count). The molecule has 0 aromatic heterocycles. The van der Waals surface area contributed by atoms with Crippen LogP contribution in [0.1, 0.15) is 24.0 Å². The minimum atomic E-state index is 0.306. The van der Waals surface area contributed by atoms with Gasteiger partial charge in [-0.3, -0.25) is 9.69 Å². The Balaban J connectivity index is 1.34. The molecule has 1 saturated heterocycles. The van der Waals surface area contributed by atoms with E-state index in [1.807, 2.05) is 17.0 Å². The Morgan fingerprint density at radius 2 is 1.54 bits per heavy atom. The molecule has 1 heterocycles. The third-order valence-electron chi connectivity index (χ3n) is 4.90. The van der Waals surface area contributed by atoms with Crippen molar-refractivity contribution in [2.45, 2.75) is 19.3 Å². The van der Waals surface area contributed by atoms with E-state index in [2.05, 4.69) is 65.6 Å². The number of hydrogen-bond acceptors (Lipinski definition) is 2. The van der Waals surface area contributed by atoms with Crippen LogP contribution in [0.3, 0.4) is 0 Å². The van der Waals surface area contributed by atoms with Crippen molar-refractivity contribution in [3.8, 4) is 0 Å². The van der Waals surface area contributed by atoms with Gasteiger partial charge in [0.25, 0.3) is 0 Å². The average molecular weight is 348 g/mol. The van der Waals surface area contributed by atoms with Crippen LogP contribution in [-0.2, 0) is 11.2 Å². The van der Waals surface area contributed by atoms with Gasteiger partial charge in [-0.25, -0.2) is 0 Å². The predicted molar refractivity (Wildman–Crippen MR) is 108 cm³/mol. The number of nitrogens with zero attached hydrogens (tertiary/aromatic N) is 2. The molecule has 1 amide bonds. The molecule has 26 heavy (non-hydrogen) atoms. The van der Waals surface area contributed by atoms with Crippen molar-refractivity contribution >= 4 is 12.0 Å². The lowest BCUT2D eigenvalue weighted by Gasteiger charge is -2.34. The van der Waals surface area contributed by atoms with Crippen molar-refractivity contribution in [2.75, 3.05) is 32.7 Å². The van der Waals surface area contributed by atoms with Crippen molar-refractivity contribution in [3.63, 3.8) is 0 Å². The fraction of sp³-hybridized carbons (Fsp3) is 0.348. The predicted octanol–water partition coefficient (Wildman–Crippen LogP) is 3.87. The van der Waals surface area contributed by atoms with Crippen molar-refractivity contribution in [2.24, 2.45) is 0 Å². The number of carbonyl (C=O) groups is 1. The fourth-order valence-electron chi connectivity index (χ4n) is 3.33. The van der Waals surface area contributed by atoms with Crippen LogP contribution >= 0.6 is 0 Å². The standard InChI is InChI=1S/C23H28N2O/c26-23(15-7-13-21-9-3-1-4-10-21)25-19-17-24(18-20-25)16-8-14-22-11-5-2-6-12-22/h1-6,8-12,14H,7,13,15-20H2/b14-8+. The van der Waals surface area contributed by atoms with Gasteiger partial charge < -0.3 is 4.90 Å². The van der Waals surface area contributed by atoms with E-state index in [0.29, 0.717) is 12.3 Å². The molecule has 136 valence electrons. The highest BCUT2D eigenvalue weighted by molar-refractivity contribution is 5.76. The molecular formula is C23H28N2O. The first kappa shape index (κ1) is 18.4. The zero-order valence-electron chi connectivity index (χ0n) is 15.4. The Labute approximate surface area is 156 Å². The van der Waals surface area contributed by atoms with E-state index < -0.39 is 0 Å². The van der Waals surface area contributed by atoms with E-state index in [1.165, 1.54) is 11.1 Å². The molecule has 1 fully saturated rings. The Bertz CT molecular complexity index is 689. The van der Waals surface area contributed by atoms with E-state index in [0.717, 1.165) is 45.6 Å². The summed E-state index contributed by atoms with van der Waals surface area (Å²) >= 11 is 0. The first-order valence-electron chi connectivity index (χ1n) is 9.57. The van der Waals surface area contributed by atoms with Crippen molar-refractivity contribution in [1.82, 2.24) is 9.80 Å². The number of amides is 1. The molecule has 0 saturated carbocycles. The van der Waals surface area contributed by atoms with Gasteiger partial charge >= 0.3 is 0 Å². The number of benzene rings is 2. The zero-order valence-corrected chi connectivity index (χ0v) is 15.4. The lowest BCUT2D eigenvalue weighted by molar-refractivity contribution is -0.132. The molecule has 0 radical (unpaired) electrons. The SMILES string of the molecule is O=C(CCCc1ccccc1)N1CCN(C/C=C/c2ccccc2)CC1.